The maximum atomic E-state index is 13.6. The third kappa shape index (κ3) is 2.99. The summed E-state index contributed by atoms with van der Waals surface area (Å²) in [6.07, 6.45) is 1.99. The van der Waals surface area contributed by atoms with Crippen LogP contribution in [0.3, 0.4) is 0 Å². The van der Waals surface area contributed by atoms with E-state index in [0.29, 0.717) is 12.1 Å². The van der Waals surface area contributed by atoms with Crippen molar-refractivity contribution in [1.29, 1.82) is 0 Å². The average molecular weight is 255 g/mol. The number of rotatable bonds is 3. The molecule has 1 unspecified atom stereocenters. The molecule has 100 valence electrons. The highest BCUT2D eigenvalue weighted by Crippen LogP contribution is 2.29. The number of halogens is 2. The standard InChI is InChI=1S/C14H19F2NO/c1-9-6-12(16)13(7-11(9)15)17-8-10-4-5-14(2,3)18-10/h6-7,10,17H,4-5,8H2,1-3H3. The van der Waals surface area contributed by atoms with Gasteiger partial charge in [0.1, 0.15) is 11.6 Å². The van der Waals surface area contributed by atoms with Gasteiger partial charge in [0, 0.05) is 12.6 Å². The summed E-state index contributed by atoms with van der Waals surface area (Å²) in [7, 11) is 0. The van der Waals surface area contributed by atoms with Crippen molar-refractivity contribution in [2.45, 2.75) is 45.3 Å². The van der Waals surface area contributed by atoms with E-state index in [1.54, 1.807) is 6.92 Å². The summed E-state index contributed by atoms with van der Waals surface area (Å²) in [5.41, 5.74) is 0.409. The Labute approximate surface area is 106 Å². The number of hydrogen-bond acceptors (Lipinski definition) is 2. The van der Waals surface area contributed by atoms with Crippen molar-refractivity contribution in [3.63, 3.8) is 0 Å². The van der Waals surface area contributed by atoms with Crippen LogP contribution in [0.4, 0.5) is 14.5 Å². The topological polar surface area (TPSA) is 21.3 Å². The fourth-order valence-electron chi connectivity index (χ4n) is 2.23. The minimum absolute atomic E-state index is 0.0590. The van der Waals surface area contributed by atoms with Crippen molar-refractivity contribution in [1.82, 2.24) is 0 Å². The molecule has 1 aliphatic rings. The van der Waals surface area contributed by atoms with E-state index in [4.69, 9.17) is 4.74 Å². The molecular weight excluding hydrogens is 236 g/mol. The van der Waals surface area contributed by atoms with Crippen LogP contribution in [0.1, 0.15) is 32.3 Å². The fraction of sp³-hybridized carbons (Fsp3) is 0.571. The zero-order chi connectivity index (χ0) is 13.3. The van der Waals surface area contributed by atoms with Crippen LogP contribution in [0.15, 0.2) is 12.1 Å². The van der Waals surface area contributed by atoms with E-state index in [2.05, 4.69) is 5.32 Å². The van der Waals surface area contributed by atoms with Crippen LogP contribution in [-0.4, -0.2) is 18.2 Å². The Morgan fingerprint density at radius 1 is 1.33 bits per heavy atom. The lowest BCUT2D eigenvalue weighted by molar-refractivity contribution is -0.00912. The molecule has 2 rings (SSSR count). The quantitative estimate of drug-likeness (QED) is 0.890. The molecule has 1 fully saturated rings. The highest BCUT2D eigenvalue weighted by molar-refractivity contribution is 5.47. The molecule has 0 amide bonds. The first-order valence-corrected chi connectivity index (χ1v) is 6.25. The van der Waals surface area contributed by atoms with E-state index >= 15 is 0 Å². The number of anilines is 1. The Balaban J connectivity index is 1.97. The maximum Gasteiger partial charge on any atom is 0.146 e. The summed E-state index contributed by atoms with van der Waals surface area (Å²) in [6.45, 7) is 6.13. The van der Waals surface area contributed by atoms with E-state index in [-0.39, 0.29) is 17.4 Å². The summed E-state index contributed by atoms with van der Waals surface area (Å²) in [6, 6.07) is 2.40. The predicted octanol–water partition coefficient (Wildman–Crippen LogP) is 3.64. The number of benzene rings is 1. The van der Waals surface area contributed by atoms with Gasteiger partial charge < -0.3 is 10.1 Å². The molecule has 1 aliphatic heterocycles. The first kappa shape index (κ1) is 13.3. The largest absolute Gasteiger partial charge is 0.380 e. The SMILES string of the molecule is Cc1cc(F)c(NCC2CCC(C)(C)O2)cc1F. The van der Waals surface area contributed by atoms with Crippen molar-refractivity contribution in [3.05, 3.63) is 29.3 Å². The van der Waals surface area contributed by atoms with Crippen molar-refractivity contribution < 1.29 is 13.5 Å². The summed E-state index contributed by atoms with van der Waals surface area (Å²) in [5, 5.41) is 2.92. The van der Waals surface area contributed by atoms with Crippen LogP contribution in [0.2, 0.25) is 0 Å². The molecule has 0 bridgehead atoms. The van der Waals surface area contributed by atoms with Gasteiger partial charge in [-0.15, -0.1) is 0 Å². The predicted molar refractivity (Wildman–Crippen MR) is 67.8 cm³/mol. The molecule has 2 nitrogen and oxygen atoms in total. The molecule has 0 radical (unpaired) electrons. The molecule has 1 heterocycles. The summed E-state index contributed by atoms with van der Waals surface area (Å²) < 4.78 is 32.7. The average Bonchev–Trinajstić information content (AvgIpc) is 2.62. The molecular formula is C14H19F2NO. The first-order chi connectivity index (χ1) is 8.37. The molecule has 1 aromatic rings. The zero-order valence-electron chi connectivity index (χ0n) is 11.0. The second-order valence-corrected chi connectivity index (χ2v) is 5.50. The Morgan fingerprint density at radius 3 is 2.67 bits per heavy atom. The molecule has 0 aliphatic carbocycles. The minimum Gasteiger partial charge on any atom is -0.380 e. The van der Waals surface area contributed by atoms with Crippen molar-refractivity contribution in [2.75, 3.05) is 11.9 Å². The lowest BCUT2D eigenvalue weighted by atomic mass is 10.1. The monoisotopic (exact) mass is 255 g/mol. The van der Waals surface area contributed by atoms with Gasteiger partial charge >= 0.3 is 0 Å². The van der Waals surface area contributed by atoms with E-state index in [1.165, 1.54) is 12.1 Å². The van der Waals surface area contributed by atoms with Crippen LogP contribution in [0.5, 0.6) is 0 Å². The van der Waals surface area contributed by atoms with Gasteiger partial charge in [-0.05, 0) is 45.2 Å². The smallest absolute Gasteiger partial charge is 0.146 e. The van der Waals surface area contributed by atoms with Gasteiger partial charge in [0.05, 0.1) is 17.4 Å². The normalized spacial score (nSPS) is 22.2. The van der Waals surface area contributed by atoms with Crippen LogP contribution in [-0.2, 0) is 4.74 Å². The maximum absolute atomic E-state index is 13.6. The first-order valence-electron chi connectivity index (χ1n) is 6.25. The molecule has 0 spiro atoms. The fourth-order valence-corrected chi connectivity index (χ4v) is 2.23. The second kappa shape index (κ2) is 4.84. The van der Waals surface area contributed by atoms with Crippen molar-refractivity contribution in [3.8, 4) is 0 Å². The van der Waals surface area contributed by atoms with Gasteiger partial charge in [-0.1, -0.05) is 0 Å². The van der Waals surface area contributed by atoms with E-state index < -0.39 is 11.6 Å². The molecule has 4 heteroatoms. The number of nitrogens with one attached hydrogen (secondary N) is 1. The summed E-state index contributed by atoms with van der Waals surface area (Å²) in [5.74, 6) is -0.822. The van der Waals surface area contributed by atoms with E-state index in [9.17, 15) is 8.78 Å². The van der Waals surface area contributed by atoms with Crippen LogP contribution in [0.25, 0.3) is 0 Å². The molecule has 1 N–H and O–H groups in total. The van der Waals surface area contributed by atoms with Gasteiger partial charge in [0.15, 0.2) is 0 Å². The van der Waals surface area contributed by atoms with Crippen molar-refractivity contribution >= 4 is 5.69 Å². The second-order valence-electron chi connectivity index (χ2n) is 5.50. The van der Waals surface area contributed by atoms with Crippen LogP contribution >= 0.6 is 0 Å². The number of ether oxygens (including phenoxy) is 1. The third-order valence-corrected chi connectivity index (χ3v) is 3.32. The Bertz CT molecular complexity index is 446. The van der Waals surface area contributed by atoms with Gasteiger partial charge in [-0.2, -0.15) is 0 Å². The van der Waals surface area contributed by atoms with Gasteiger partial charge in [0.2, 0.25) is 0 Å². The zero-order valence-corrected chi connectivity index (χ0v) is 11.0. The number of hydrogen-bond donors (Lipinski definition) is 1. The lowest BCUT2D eigenvalue weighted by Gasteiger charge is -2.20. The van der Waals surface area contributed by atoms with E-state index in [0.717, 1.165) is 12.8 Å². The van der Waals surface area contributed by atoms with E-state index in [1.807, 2.05) is 13.8 Å². The highest BCUT2D eigenvalue weighted by Gasteiger charge is 2.31. The Kier molecular flexibility index (Phi) is 3.57. The van der Waals surface area contributed by atoms with Gasteiger partial charge in [-0.3, -0.25) is 0 Å². The highest BCUT2D eigenvalue weighted by atomic mass is 19.1. The van der Waals surface area contributed by atoms with Gasteiger partial charge in [-0.25, -0.2) is 8.78 Å². The molecule has 1 aromatic carbocycles. The van der Waals surface area contributed by atoms with Gasteiger partial charge in [0.25, 0.3) is 0 Å². The Hall–Kier alpha value is -1.16. The molecule has 1 atom stereocenters. The third-order valence-electron chi connectivity index (χ3n) is 3.32. The molecule has 0 saturated carbocycles. The molecule has 18 heavy (non-hydrogen) atoms. The lowest BCUT2D eigenvalue weighted by Crippen LogP contribution is -2.25. The Morgan fingerprint density at radius 2 is 2.06 bits per heavy atom. The van der Waals surface area contributed by atoms with Crippen LogP contribution in [0, 0.1) is 18.6 Å². The van der Waals surface area contributed by atoms with Crippen LogP contribution < -0.4 is 5.32 Å². The molecule has 0 aromatic heterocycles. The minimum atomic E-state index is -0.425. The molecule has 1 saturated heterocycles. The van der Waals surface area contributed by atoms with Crippen molar-refractivity contribution in [2.24, 2.45) is 0 Å². The summed E-state index contributed by atoms with van der Waals surface area (Å²) in [4.78, 5) is 0. The summed E-state index contributed by atoms with van der Waals surface area (Å²) >= 11 is 0. The number of aryl methyl sites for hydroxylation is 1.